The van der Waals surface area contributed by atoms with E-state index >= 15 is 0 Å². The average molecular weight is 179 g/mol. The molecule has 0 saturated heterocycles. The highest BCUT2D eigenvalue weighted by atomic mass is 32.2. The molecule has 0 aliphatic carbocycles. The lowest BCUT2D eigenvalue weighted by Gasteiger charge is -1.90. The first-order valence-corrected chi connectivity index (χ1v) is 5.00. The summed E-state index contributed by atoms with van der Waals surface area (Å²) in [5.74, 6) is 1.05. The summed E-state index contributed by atoms with van der Waals surface area (Å²) in [7, 11) is 0. The fraction of sp³-hybridized carbons (Fsp3) is 0.857. The van der Waals surface area contributed by atoms with Crippen LogP contribution in [0.4, 0.5) is 0 Å². The second-order valence-electron chi connectivity index (χ2n) is 1.87. The maximum atomic E-state index is 5.17. The predicted octanol–water partition coefficient (Wildman–Crippen LogP) is 2.79. The van der Waals surface area contributed by atoms with Gasteiger partial charge in [-0.05, 0) is 12.2 Å². The summed E-state index contributed by atoms with van der Waals surface area (Å²) in [6.45, 7) is 6.35. The Morgan fingerprint density at radius 2 is 1.80 bits per heavy atom. The van der Waals surface area contributed by atoms with Crippen LogP contribution in [0.25, 0.3) is 0 Å². The summed E-state index contributed by atoms with van der Waals surface area (Å²) in [6, 6.07) is 0. The zero-order valence-corrected chi connectivity index (χ0v) is 8.65. The number of rotatable bonds is 2. The van der Waals surface area contributed by atoms with Gasteiger partial charge in [-0.25, -0.2) is 0 Å². The van der Waals surface area contributed by atoms with Crippen molar-refractivity contribution in [1.29, 1.82) is 0 Å². The van der Waals surface area contributed by atoms with Gasteiger partial charge in [0.15, 0.2) is 0 Å². The third kappa shape index (κ3) is 24.0. The summed E-state index contributed by atoms with van der Waals surface area (Å²) in [6.07, 6.45) is 2.39. The topological polar surface area (TPSA) is 26.0 Å². The molecule has 0 aromatic heterocycles. The smallest absolute Gasteiger partial charge is 0.131 e. The summed E-state index contributed by atoms with van der Waals surface area (Å²) < 4.78 is 0.557. The maximum absolute atomic E-state index is 5.17. The van der Waals surface area contributed by atoms with Gasteiger partial charge in [-0.3, -0.25) is 0 Å². The van der Waals surface area contributed by atoms with Crippen molar-refractivity contribution in [2.24, 2.45) is 5.73 Å². The van der Waals surface area contributed by atoms with Crippen molar-refractivity contribution < 1.29 is 0 Å². The molecule has 0 saturated carbocycles. The Hall–Kier alpha value is 0.240. The van der Waals surface area contributed by atoms with Crippen LogP contribution in [0.3, 0.4) is 0 Å². The van der Waals surface area contributed by atoms with Gasteiger partial charge in [-0.2, -0.15) is 0 Å². The van der Waals surface area contributed by atoms with E-state index in [1.807, 2.05) is 0 Å². The van der Waals surface area contributed by atoms with Gasteiger partial charge in [0.2, 0.25) is 0 Å². The largest absolute Gasteiger partial charge is 0.385 e. The monoisotopic (exact) mass is 179 g/mol. The highest BCUT2D eigenvalue weighted by Gasteiger charge is 1.84. The van der Waals surface area contributed by atoms with Gasteiger partial charge in [0.05, 0.1) is 0 Å². The van der Waals surface area contributed by atoms with Crippen LogP contribution in [0.1, 0.15) is 33.6 Å². The molecule has 0 aliphatic heterocycles. The van der Waals surface area contributed by atoms with Crippen molar-refractivity contribution in [3.05, 3.63) is 0 Å². The number of hydrogen-bond acceptors (Lipinski definition) is 2. The molecule has 0 fully saturated rings. The maximum Gasteiger partial charge on any atom is 0.131 e. The highest BCUT2D eigenvalue weighted by Crippen LogP contribution is 1.99. The van der Waals surface area contributed by atoms with Gasteiger partial charge in [0.25, 0.3) is 0 Å². The first kappa shape index (κ1) is 12.9. The predicted molar refractivity (Wildman–Crippen MR) is 55.5 cm³/mol. The number of thioether (sulfide) groups is 1. The molecule has 2 N–H and O–H groups in total. The van der Waals surface area contributed by atoms with Crippen LogP contribution in [-0.2, 0) is 0 Å². The quantitative estimate of drug-likeness (QED) is 0.660. The second-order valence-corrected chi connectivity index (χ2v) is 3.71. The lowest BCUT2D eigenvalue weighted by atomic mass is 10.6. The van der Waals surface area contributed by atoms with Gasteiger partial charge in [0.1, 0.15) is 4.32 Å². The van der Waals surface area contributed by atoms with Crippen LogP contribution < -0.4 is 5.73 Å². The molecule has 0 atom stereocenters. The first-order valence-electron chi connectivity index (χ1n) is 3.61. The summed E-state index contributed by atoms with van der Waals surface area (Å²) in [5.41, 5.74) is 5.17. The van der Waals surface area contributed by atoms with E-state index in [-0.39, 0.29) is 0 Å². The van der Waals surface area contributed by atoms with Gasteiger partial charge in [-0.1, -0.05) is 51.2 Å². The van der Waals surface area contributed by atoms with Gasteiger partial charge < -0.3 is 5.73 Å². The lowest BCUT2D eigenvalue weighted by molar-refractivity contribution is 1.09. The Kier molecular flexibility index (Phi) is 15.4. The summed E-state index contributed by atoms with van der Waals surface area (Å²) >= 11 is 6.14. The third-order valence-electron chi connectivity index (χ3n) is 0.448. The SMILES string of the molecule is CCC.CCCSC(N)=S. The minimum absolute atomic E-state index is 0.557. The molecule has 62 valence electrons. The van der Waals surface area contributed by atoms with Gasteiger partial charge in [0, 0.05) is 0 Å². The molecule has 3 heteroatoms. The normalized spacial score (nSPS) is 7.90. The zero-order valence-electron chi connectivity index (χ0n) is 7.02. The van der Waals surface area contributed by atoms with E-state index in [1.54, 1.807) is 11.8 Å². The van der Waals surface area contributed by atoms with E-state index in [4.69, 9.17) is 5.73 Å². The standard InChI is InChI=1S/C4H9NS2.C3H8/c1-2-3-7-4(5)6;1-3-2/h2-3H2,1H3,(H2,5,6);3H2,1-2H3. The van der Waals surface area contributed by atoms with Crippen molar-refractivity contribution >= 4 is 28.3 Å². The Morgan fingerprint density at radius 1 is 1.40 bits per heavy atom. The number of nitrogens with two attached hydrogens (primary N) is 1. The average Bonchev–Trinajstić information content (AvgIpc) is 1.85. The zero-order chi connectivity index (χ0) is 8.41. The number of thiocarbonyl (C=S) groups is 1. The molecule has 10 heavy (non-hydrogen) atoms. The number of hydrogen-bond donors (Lipinski definition) is 1. The Balaban J connectivity index is 0. The van der Waals surface area contributed by atoms with Crippen LogP contribution in [0.5, 0.6) is 0 Å². The van der Waals surface area contributed by atoms with Crippen molar-refractivity contribution in [1.82, 2.24) is 0 Å². The molecule has 0 aromatic rings. The van der Waals surface area contributed by atoms with Crippen LogP contribution in [-0.4, -0.2) is 10.1 Å². The highest BCUT2D eigenvalue weighted by molar-refractivity contribution is 8.22. The van der Waals surface area contributed by atoms with E-state index in [0.29, 0.717) is 4.32 Å². The molecular formula is C7H17NS2. The lowest BCUT2D eigenvalue weighted by Crippen LogP contribution is -2.01. The molecule has 0 aromatic carbocycles. The molecule has 0 aliphatic rings. The molecule has 0 heterocycles. The molecular weight excluding hydrogens is 162 g/mol. The molecule has 0 spiro atoms. The molecule has 0 unspecified atom stereocenters. The van der Waals surface area contributed by atoms with Crippen LogP contribution >= 0.6 is 24.0 Å². The van der Waals surface area contributed by atoms with Crippen LogP contribution in [0, 0.1) is 0 Å². The minimum Gasteiger partial charge on any atom is -0.385 e. The second kappa shape index (κ2) is 12.0. The van der Waals surface area contributed by atoms with Crippen molar-refractivity contribution in [2.45, 2.75) is 33.6 Å². The van der Waals surface area contributed by atoms with E-state index in [2.05, 4.69) is 33.0 Å². The van der Waals surface area contributed by atoms with E-state index in [9.17, 15) is 0 Å². The fourth-order valence-electron chi connectivity index (χ4n) is 0.203. The molecule has 0 bridgehead atoms. The molecule has 0 amide bonds. The Labute approximate surface area is 73.8 Å². The van der Waals surface area contributed by atoms with E-state index < -0.39 is 0 Å². The van der Waals surface area contributed by atoms with Gasteiger partial charge in [-0.15, -0.1) is 0 Å². The first-order chi connectivity index (χ1) is 4.68. The Morgan fingerprint density at radius 3 is 1.90 bits per heavy atom. The molecule has 1 nitrogen and oxygen atoms in total. The minimum atomic E-state index is 0.557. The third-order valence-corrected chi connectivity index (χ3v) is 1.70. The van der Waals surface area contributed by atoms with Gasteiger partial charge >= 0.3 is 0 Å². The van der Waals surface area contributed by atoms with E-state index in [1.165, 1.54) is 6.42 Å². The molecule has 0 rings (SSSR count). The Bertz CT molecular complexity index is 74.0. The summed E-state index contributed by atoms with van der Waals surface area (Å²) in [4.78, 5) is 0. The van der Waals surface area contributed by atoms with Crippen molar-refractivity contribution in [3.63, 3.8) is 0 Å². The van der Waals surface area contributed by atoms with Crippen LogP contribution in [0.2, 0.25) is 0 Å². The van der Waals surface area contributed by atoms with Crippen molar-refractivity contribution in [2.75, 3.05) is 5.75 Å². The summed E-state index contributed by atoms with van der Waals surface area (Å²) in [5, 5.41) is 0. The van der Waals surface area contributed by atoms with E-state index in [0.717, 1.165) is 12.2 Å². The van der Waals surface area contributed by atoms with Crippen molar-refractivity contribution in [3.8, 4) is 0 Å². The van der Waals surface area contributed by atoms with Crippen LogP contribution in [0.15, 0.2) is 0 Å². The molecule has 0 radical (unpaired) electrons. The fourth-order valence-corrected chi connectivity index (χ4v) is 0.858.